The highest BCUT2D eigenvalue weighted by molar-refractivity contribution is 6.43. The molecule has 1 aliphatic carbocycles. The molecule has 0 aromatic heterocycles. The summed E-state index contributed by atoms with van der Waals surface area (Å²) in [6, 6.07) is 3.62. The molecule has 0 amide bonds. The van der Waals surface area contributed by atoms with Gasteiger partial charge >= 0.3 is 0 Å². The van der Waals surface area contributed by atoms with Gasteiger partial charge in [-0.05, 0) is 38.3 Å². The Morgan fingerprint density at radius 1 is 1.44 bits per heavy atom. The lowest BCUT2D eigenvalue weighted by Crippen LogP contribution is -2.21. The number of hydrogen-bond donors (Lipinski definition) is 2. The molecule has 2 N–H and O–H groups in total. The lowest BCUT2D eigenvalue weighted by atomic mass is 10.1. The second-order valence-electron chi connectivity index (χ2n) is 4.37. The first-order chi connectivity index (χ1) is 7.59. The van der Waals surface area contributed by atoms with Crippen molar-refractivity contribution in [2.24, 2.45) is 5.92 Å². The highest BCUT2D eigenvalue weighted by Crippen LogP contribution is 2.37. The first-order valence-corrected chi connectivity index (χ1v) is 6.25. The molecular weight excluding hydrogens is 245 g/mol. The fourth-order valence-electron chi connectivity index (χ4n) is 1.68. The van der Waals surface area contributed by atoms with Crippen molar-refractivity contribution >= 4 is 23.2 Å². The van der Waals surface area contributed by atoms with Gasteiger partial charge in [0.1, 0.15) is 10.8 Å². The topological polar surface area (TPSA) is 32.3 Å². The van der Waals surface area contributed by atoms with Gasteiger partial charge in [-0.25, -0.2) is 0 Å². The molecule has 0 radical (unpaired) electrons. The van der Waals surface area contributed by atoms with Crippen LogP contribution in [-0.4, -0.2) is 11.7 Å². The minimum absolute atomic E-state index is 0.0879. The van der Waals surface area contributed by atoms with Crippen LogP contribution in [-0.2, 0) is 0 Å². The average Bonchev–Trinajstić information content (AvgIpc) is 3.07. The lowest BCUT2D eigenvalue weighted by molar-refractivity contribution is 0.451. The Labute approximate surface area is 106 Å². The van der Waals surface area contributed by atoms with Crippen LogP contribution in [0.15, 0.2) is 12.1 Å². The first-order valence-electron chi connectivity index (χ1n) is 5.50. The van der Waals surface area contributed by atoms with E-state index < -0.39 is 0 Å². The lowest BCUT2D eigenvalue weighted by Gasteiger charge is -2.16. The number of benzene rings is 1. The number of phenolic OH excluding ortho intramolecular Hbond substituents is 1. The summed E-state index contributed by atoms with van der Waals surface area (Å²) >= 11 is 11.7. The monoisotopic (exact) mass is 259 g/mol. The van der Waals surface area contributed by atoms with Gasteiger partial charge in [-0.3, -0.25) is 0 Å². The van der Waals surface area contributed by atoms with Crippen molar-refractivity contribution < 1.29 is 5.11 Å². The smallest absolute Gasteiger partial charge is 0.140 e. The van der Waals surface area contributed by atoms with Gasteiger partial charge in [0.15, 0.2) is 0 Å². The number of aromatic hydroxyl groups is 1. The van der Waals surface area contributed by atoms with E-state index in [1.54, 1.807) is 6.07 Å². The summed E-state index contributed by atoms with van der Waals surface area (Å²) in [7, 11) is 0. The minimum Gasteiger partial charge on any atom is -0.506 e. The van der Waals surface area contributed by atoms with Crippen molar-refractivity contribution in [3.63, 3.8) is 0 Å². The summed E-state index contributed by atoms with van der Waals surface area (Å²) in [5, 5.41) is 13.9. The third-order valence-electron chi connectivity index (χ3n) is 2.98. The van der Waals surface area contributed by atoms with E-state index in [0.717, 1.165) is 18.0 Å². The standard InChI is InChI=1S/C12H15Cl2NO/c1-7(15-6-8-2-3-8)9-4-5-10(13)11(14)12(9)16/h4-5,7-8,15-16H,2-3,6H2,1H3. The fourth-order valence-corrected chi connectivity index (χ4v) is 2.00. The summed E-state index contributed by atoms with van der Waals surface area (Å²) in [6.07, 6.45) is 2.63. The summed E-state index contributed by atoms with van der Waals surface area (Å²) in [5.41, 5.74) is 0.801. The van der Waals surface area contributed by atoms with E-state index in [2.05, 4.69) is 5.32 Å². The Hall–Kier alpha value is -0.440. The Bertz CT molecular complexity index is 391. The highest BCUT2D eigenvalue weighted by atomic mass is 35.5. The van der Waals surface area contributed by atoms with E-state index in [-0.39, 0.29) is 16.8 Å². The van der Waals surface area contributed by atoms with Crippen molar-refractivity contribution in [1.82, 2.24) is 5.32 Å². The number of halogens is 2. The molecule has 1 unspecified atom stereocenters. The maximum absolute atomic E-state index is 9.87. The van der Waals surface area contributed by atoms with Crippen LogP contribution in [0.1, 0.15) is 31.4 Å². The molecule has 0 spiro atoms. The number of phenols is 1. The van der Waals surface area contributed by atoms with Crippen molar-refractivity contribution in [2.75, 3.05) is 6.54 Å². The molecule has 1 aromatic carbocycles. The Balaban J connectivity index is 2.09. The molecule has 0 aliphatic heterocycles. The van der Waals surface area contributed by atoms with Crippen molar-refractivity contribution in [3.05, 3.63) is 27.7 Å². The average molecular weight is 260 g/mol. The van der Waals surface area contributed by atoms with Gasteiger partial charge in [0.2, 0.25) is 0 Å². The van der Waals surface area contributed by atoms with Gasteiger partial charge in [-0.1, -0.05) is 29.3 Å². The second-order valence-corrected chi connectivity index (χ2v) is 5.16. The molecule has 88 valence electrons. The molecule has 0 bridgehead atoms. The Morgan fingerprint density at radius 3 is 2.75 bits per heavy atom. The molecule has 16 heavy (non-hydrogen) atoms. The second kappa shape index (κ2) is 4.82. The van der Waals surface area contributed by atoms with Crippen LogP contribution in [0, 0.1) is 5.92 Å². The molecule has 1 aromatic rings. The van der Waals surface area contributed by atoms with Crippen LogP contribution in [0.3, 0.4) is 0 Å². The van der Waals surface area contributed by atoms with Crippen LogP contribution >= 0.6 is 23.2 Å². The first kappa shape index (κ1) is 12.0. The van der Waals surface area contributed by atoms with Crippen LogP contribution in [0.25, 0.3) is 0 Å². The van der Waals surface area contributed by atoms with E-state index in [1.807, 2.05) is 13.0 Å². The van der Waals surface area contributed by atoms with Gasteiger partial charge in [-0.2, -0.15) is 0 Å². The van der Waals surface area contributed by atoms with E-state index in [4.69, 9.17) is 23.2 Å². The summed E-state index contributed by atoms with van der Waals surface area (Å²) in [4.78, 5) is 0. The SMILES string of the molecule is CC(NCC1CC1)c1ccc(Cl)c(Cl)c1O. The van der Waals surface area contributed by atoms with E-state index in [0.29, 0.717) is 5.02 Å². The summed E-state index contributed by atoms with van der Waals surface area (Å²) < 4.78 is 0. The normalized spacial score (nSPS) is 17.4. The molecule has 1 atom stereocenters. The molecule has 4 heteroatoms. The molecule has 0 saturated heterocycles. The highest BCUT2D eigenvalue weighted by Gasteiger charge is 2.22. The maximum atomic E-state index is 9.87. The molecule has 0 heterocycles. The van der Waals surface area contributed by atoms with Gasteiger partial charge in [0.25, 0.3) is 0 Å². The summed E-state index contributed by atoms with van der Waals surface area (Å²) in [5.74, 6) is 0.900. The van der Waals surface area contributed by atoms with E-state index >= 15 is 0 Å². The summed E-state index contributed by atoms with van der Waals surface area (Å²) in [6.45, 7) is 3.02. The predicted molar refractivity (Wildman–Crippen MR) is 67.3 cm³/mol. The quantitative estimate of drug-likeness (QED) is 0.863. The molecule has 2 rings (SSSR count). The van der Waals surface area contributed by atoms with Crippen LogP contribution in [0.5, 0.6) is 5.75 Å². The molecule has 1 aliphatic rings. The van der Waals surface area contributed by atoms with Gasteiger partial charge < -0.3 is 10.4 Å². The number of nitrogens with one attached hydrogen (secondary N) is 1. The Kier molecular flexibility index (Phi) is 3.63. The third kappa shape index (κ3) is 2.62. The number of rotatable bonds is 4. The van der Waals surface area contributed by atoms with Gasteiger partial charge in [0.05, 0.1) is 5.02 Å². The zero-order valence-electron chi connectivity index (χ0n) is 9.13. The van der Waals surface area contributed by atoms with Crippen LogP contribution < -0.4 is 5.32 Å². The van der Waals surface area contributed by atoms with E-state index in [9.17, 15) is 5.11 Å². The zero-order valence-corrected chi connectivity index (χ0v) is 10.6. The maximum Gasteiger partial charge on any atom is 0.140 e. The molecule has 1 fully saturated rings. The van der Waals surface area contributed by atoms with Crippen LogP contribution in [0.2, 0.25) is 10.0 Å². The van der Waals surface area contributed by atoms with Crippen molar-refractivity contribution in [1.29, 1.82) is 0 Å². The van der Waals surface area contributed by atoms with Crippen LogP contribution in [0.4, 0.5) is 0 Å². The zero-order chi connectivity index (χ0) is 11.7. The molecule has 1 saturated carbocycles. The minimum atomic E-state index is 0.0879. The van der Waals surface area contributed by atoms with Crippen molar-refractivity contribution in [2.45, 2.75) is 25.8 Å². The number of hydrogen-bond acceptors (Lipinski definition) is 2. The largest absolute Gasteiger partial charge is 0.506 e. The predicted octanol–water partition coefficient (Wildman–Crippen LogP) is 3.76. The van der Waals surface area contributed by atoms with E-state index in [1.165, 1.54) is 12.8 Å². The van der Waals surface area contributed by atoms with Crippen molar-refractivity contribution in [3.8, 4) is 5.75 Å². The Morgan fingerprint density at radius 2 is 2.12 bits per heavy atom. The molecule has 2 nitrogen and oxygen atoms in total. The third-order valence-corrected chi connectivity index (χ3v) is 3.77. The van der Waals surface area contributed by atoms with Gasteiger partial charge in [-0.15, -0.1) is 0 Å². The van der Waals surface area contributed by atoms with Gasteiger partial charge in [0, 0.05) is 11.6 Å². The molecular formula is C12H15Cl2NO. The fraction of sp³-hybridized carbons (Fsp3) is 0.500.